The van der Waals surface area contributed by atoms with Crippen molar-refractivity contribution in [3.63, 3.8) is 0 Å². The lowest BCUT2D eigenvalue weighted by Crippen LogP contribution is -2.22. The molecule has 2 aromatic carbocycles. The van der Waals surface area contributed by atoms with Crippen LogP contribution in [0.3, 0.4) is 0 Å². The second-order valence-electron chi connectivity index (χ2n) is 5.58. The Balaban J connectivity index is 2.25. The molecule has 0 radical (unpaired) electrons. The van der Waals surface area contributed by atoms with E-state index in [1.54, 1.807) is 13.2 Å². The Bertz CT molecular complexity index is 931. The Labute approximate surface area is 159 Å². The van der Waals surface area contributed by atoms with Gasteiger partial charge in [-0.1, -0.05) is 12.1 Å². The number of carbonyl (C=O) groups is 1. The topological polar surface area (TPSA) is 75.3 Å². The van der Waals surface area contributed by atoms with Gasteiger partial charge in [0.1, 0.15) is 0 Å². The molecule has 1 unspecified atom stereocenters. The summed E-state index contributed by atoms with van der Waals surface area (Å²) in [6, 6.07) is 9.36. The largest absolute Gasteiger partial charge is 0.416 e. The monoisotopic (exact) mass is 418 g/mol. The Kier molecular flexibility index (Phi) is 6.42. The van der Waals surface area contributed by atoms with Gasteiger partial charge in [-0.05, 0) is 49.6 Å². The molecule has 0 spiro atoms. The molecular formula is C17H17F3N2O3S2. The fraction of sp³-hybridized carbons (Fsp3) is 0.235. The van der Waals surface area contributed by atoms with Crippen LogP contribution in [0.2, 0.25) is 0 Å². The number of anilines is 2. The van der Waals surface area contributed by atoms with Crippen molar-refractivity contribution in [3.05, 3.63) is 54.1 Å². The minimum atomic E-state index is -4.58. The average molecular weight is 418 g/mol. The van der Waals surface area contributed by atoms with E-state index in [1.807, 2.05) is 0 Å². The van der Waals surface area contributed by atoms with Gasteiger partial charge >= 0.3 is 6.18 Å². The van der Waals surface area contributed by atoms with E-state index in [0.717, 1.165) is 12.1 Å². The maximum atomic E-state index is 12.8. The third-order valence-corrected chi connectivity index (χ3v) is 5.88. The zero-order chi connectivity index (χ0) is 20.2. The molecule has 10 heteroatoms. The number of alkyl halides is 3. The third kappa shape index (κ3) is 5.64. The molecule has 0 aromatic heterocycles. The Morgan fingerprint density at radius 1 is 1.07 bits per heavy atom. The van der Waals surface area contributed by atoms with E-state index in [9.17, 15) is 26.4 Å². The summed E-state index contributed by atoms with van der Waals surface area (Å²) < 4.78 is 65.4. The molecule has 0 heterocycles. The third-order valence-electron chi connectivity index (χ3n) is 3.58. The molecule has 2 rings (SSSR count). The standard InChI is InChI=1S/C17H17F3N2O3S2/c1-11(26-2)16(23)21-13-6-4-8-15(10-13)27(24,25)22-14-7-3-5-12(9-14)17(18,19)20/h3-11,22H,1-2H3,(H,21,23). The van der Waals surface area contributed by atoms with Crippen LogP contribution in [0, 0.1) is 0 Å². The molecule has 27 heavy (non-hydrogen) atoms. The van der Waals surface area contributed by atoms with Crippen LogP contribution in [-0.4, -0.2) is 25.8 Å². The van der Waals surface area contributed by atoms with Crippen molar-refractivity contribution in [1.29, 1.82) is 0 Å². The molecule has 1 amide bonds. The number of halogens is 3. The van der Waals surface area contributed by atoms with E-state index in [2.05, 4.69) is 10.0 Å². The predicted molar refractivity (Wildman–Crippen MR) is 100 cm³/mol. The van der Waals surface area contributed by atoms with Crippen molar-refractivity contribution in [2.24, 2.45) is 0 Å². The molecule has 5 nitrogen and oxygen atoms in total. The molecule has 0 fully saturated rings. The Morgan fingerprint density at radius 2 is 1.70 bits per heavy atom. The number of hydrogen-bond acceptors (Lipinski definition) is 4. The summed E-state index contributed by atoms with van der Waals surface area (Å²) in [5.41, 5.74) is -0.905. The smallest absolute Gasteiger partial charge is 0.325 e. The van der Waals surface area contributed by atoms with Crippen LogP contribution in [0.15, 0.2) is 53.4 Å². The van der Waals surface area contributed by atoms with Gasteiger partial charge in [0, 0.05) is 11.4 Å². The van der Waals surface area contributed by atoms with Crippen molar-refractivity contribution in [2.45, 2.75) is 23.2 Å². The van der Waals surface area contributed by atoms with E-state index < -0.39 is 21.8 Å². The first-order valence-electron chi connectivity index (χ1n) is 7.67. The lowest BCUT2D eigenvalue weighted by molar-refractivity contribution is -0.137. The minimum Gasteiger partial charge on any atom is -0.325 e. The highest BCUT2D eigenvalue weighted by atomic mass is 32.2. The number of rotatable bonds is 6. The van der Waals surface area contributed by atoms with Crippen LogP contribution in [0.5, 0.6) is 0 Å². The quantitative estimate of drug-likeness (QED) is 0.738. The number of sulfonamides is 1. The lowest BCUT2D eigenvalue weighted by Gasteiger charge is -2.13. The number of nitrogens with one attached hydrogen (secondary N) is 2. The summed E-state index contributed by atoms with van der Waals surface area (Å²) in [6.45, 7) is 1.70. The van der Waals surface area contributed by atoms with Crippen LogP contribution in [0.1, 0.15) is 12.5 Å². The molecular weight excluding hydrogens is 401 g/mol. The molecule has 146 valence electrons. The number of benzene rings is 2. The van der Waals surface area contributed by atoms with Crippen molar-refractivity contribution in [1.82, 2.24) is 0 Å². The van der Waals surface area contributed by atoms with Crippen molar-refractivity contribution < 1.29 is 26.4 Å². The van der Waals surface area contributed by atoms with Gasteiger partial charge in [0.2, 0.25) is 5.91 Å². The van der Waals surface area contributed by atoms with Crippen LogP contribution in [0.4, 0.5) is 24.5 Å². The van der Waals surface area contributed by atoms with Gasteiger partial charge in [-0.3, -0.25) is 9.52 Å². The second kappa shape index (κ2) is 8.22. The zero-order valence-corrected chi connectivity index (χ0v) is 16.0. The Morgan fingerprint density at radius 3 is 2.33 bits per heavy atom. The maximum absolute atomic E-state index is 12.8. The lowest BCUT2D eigenvalue weighted by atomic mass is 10.2. The van der Waals surface area contributed by atoms with E-state index in [0.29, 0.717) is 6.07 Å². The van der Waals surface area contributed by atoms with Gasteiger partial charge in [-0.15, -0.1) is 0 Å². The minimum absolute atomic E-state index is 0.186. The predicted octanol–water partition coefficient (Wildman–Crippen LogP) is 4.20. The van der Waals surface area contributed by atoms with Crippen LogP contribution in [0.25, 0.3) is 0 Å². The van der Waals surface area contributed by atoms with Crippen molar-refractivity contribution >= 4 is 39.1 Å². The molecule has 1 atom stereocenters. The number of hydrogen-bond donors (Lipinski definition) is 2. The summed E-state index contributed by atoms with van der Waals surface area (Å²) in [5.74, 6) is -0.289. The number of thioether (sulfide) groups is 1. The molecule has 0 aliphatic carbocycles. The van der Waals surface area contributed by atoms with Gasteiger partial charge in [0.15, 0.2) is 0 Å². The molecule has 0 aliphatic rings. The van der Waals surface area contributed by atoms with Gasteiger partial charge in [-0.25, -0.2) is 8.42 Å². The molecule has 0 saturated carbocycles. The molecule has 2 N–H and O–H groups in total. The van der Waals surface area contributed by atoms with Crippen LogP contribution in [-0.2, 0) is 21.0 Å². The van der Waals surface area contributed by atoms with Gasteiger partial charge in [0.25, 0.3) is 10.0 Å². The normalized spacial score (nSPS) is 13.1. The van der Waals surface area contributed by atoms with Gasteiger partial charge < -0.3 is 5.32 Å². The second-order valence-corrected chi connectivity index (χ2v) is 8.44. The first-order chi connectivity index (χ1) is 12.5. The van der Waals surface area contributed by atoms with Crippen molar-refractivity contribution in [2.75, 3.05) is 16.3 Å². The molecule has 0 aliphatic heterocycles. The highest BCUT2D eigenvalue weighted by molar-refractivity contribution is 7.99. The van der Waals surface area contributed by atoms with Gasteiger partial charge in [0.05, 0.1) is 15.7 Å². The average Bonchev–Trinajstić information content (AvgIpc) is 2.60. The summed E-state index contributed by atoms with van der Waals surface area (Å²) in [6.07, 6.45) is -2.82. The summed E-state index contributed by atoms with van der Waals surface area (Å²) in [4.78, 5) is 11.7. The fourth-order valence-corrected chi connectivity index (χ4v) is 3.43. The fourth-order valence-electron chi connectivity index (χ4n) is 2.07. The highest BCUT2D eigenvalue weighted by Crippen LogP contribution is 2.31. The molecule has 0 saturated heterocycles. The SMILES string of the molecule is CSC(C)C(=O)Nc1cccc(S(=O)(=O)Nc2cccc(C(F)(F)F)c2)c1. The van der Waals surface area contributed by atoms with Crippen molar-refractivity contribution in [3.8, 4) is 0 Å². The number of carbonyl (C=O) groups excluding carboxylic acids is 1. The van der Waals surface area contributed by atoms with E-state index >= 15 is 0 Å². The highest BCUT2D eigenvalue weighted by Gasteiger charge is 2.30. The first kappa shape index (κ1) is 21.1. The van der Waals surface area contributed by atoms with E-state index in [-0.39, 0.29) is 27.4 Å². The van der Waals surface area contributed by atoms with E-state index in [4.69, 9.17) is 0 Å². The summed E-state index contributed by atoms with van der Waals surface area (Å²) in [7, 11) is -4.13. The Hall–Kier alpha value is -2.20. The maximum Gasteiger partial charge on any atom is 0.416 e. The molecule has 0 bridgehead atoms. The van der Waals surface area contributed by atoms with Crippen LogP contribution >= 0.6 is 11.8 Å². The van der Waals surface area contributed by atoms with Crippen LogP contribution < -0.4 is 10.0 Å². The molecule has 2 aromatic rings. The summed E-state index contributed by atoms with van der Waals surface area (Å²) >= 11 is 1.33. The first-order valence-corrected chi connectivity index (χ1v) is 10.4. The van der Waals surface area contributed by atoms with E-state index in [1.165, 1.54) is 42.1 Å². The summed E-state index contributed by atoms with van der Waals surface area (Å²) in [5, 5.41) is 2.27. The number of amides is 1. The van der Waals surface area contributed by atoms with Gasteiger partial charge in [-0.2, -0.15) is 24.9 Å². The zero-order valence-electron chi connectivity index (χ0n) is 14.4.